The van der Waals surface area contributed by atoms with E-state index in [9.17, 15) is 9.59 Å². The molecule has 7 nitrogen and oxygen atoms in total. The molecule has 7 heteroatoms. The molecule has 18 heavy (non-hydrogen) atoms. The molecule has 0 fully saturated rings. The van der Waals surface area contributed by atoms with Crippen molar-refractivity contribution in [1.29, 1.82) is 0 Å². The molecule has 2 unspecified atom stereocenters. The van der Waals surface area contributed by atoms with Gasteiger partial charge in [0.15, 0.2) is 6.04 Å². The van der Waals surface area contributed by atoms with E-state index < -0.39 is 24.0 Å². The summed E-state index contributed by atoms with van der Waals surface area (Å²) in [5, 5.41) is 15.4. The highest BCUT2D eigenvalue weighted by atomic mass is 16.4. The van der Waals surface area contributed by atoms with Crippen LogP contribution in [-0.4, -0.2) is 32.8 Å². The highest BCUT2D eigenvalue weighted by Gasteiger charge is 2.25. The molecule has 0 bridgehead atoms. The SMILES string of the molecule is CCCC(N)C(=O)NC(C(=O)O)c1cnn(C)c1. The Morgan fingerprint density at radius 1 is 1.61 bits per heavy atom. The second-order valence-corrected chi connectivity index (χ2v) is 4.12. The second kappa shape index (κ2) is 6.15. The Balaban J connectivity index is 2.76. The molecule has 4 N–H and O–H groups in total. The topological polar surface area (TPSA) is 110 Å². The molecule has 1 amide bonds. The second-order valence-electron chi connectivity index (χ2n) is 4.12. The fourth-order valence-corrected chi connectivity index (χ4v) is 1.57. The summed E-state index contributed by atoms with van der Waals surface area (Å²) >= 11 is 0. The average Bonchev–Trinajstić information content (AvgIpc) is 2.72. The number of amides is 1. The first-order valence-corrected chi connectivity index (χ1v) is 5.73. The third-order valence-electron chi connectivity index (χ3n) is 2.53. The summed E-state index contributed by atoms with van der Waals surface area (Å²) in [4.78, 5) is 22.8. The Morgan fingerprint density at radius 3 is 2.72 bits per heavy atom. The van der Waals surface area contributed by atoms with Gasteiger partial charge in [-0.25, -0.2) is 4.79 Å². The maximum absolute atomic E-state index is 11.7. The highest BCUT2D eigenvalue weighted by molar-refractivity contribution is 5.87. The lowest BCUT2D eigenvalue weighted by Gasteiger charge is -2.16. The number of carboxylic acids is 1. The van der Waals surface area contributed by atoms with E-state index >= 15 is 0 Å². The van der Waals surface area contributed by atoms with Crippen molar-refractivity contribution >= 4 is 11.9 Å². The first kappa shape index (κ1) is 14.2. The third-order valence-corrected chi connectivity index (χ3v) is 2.53. The highest BCUT2D eigenvalue weighted by Crippen LogP contribution is 2.12. The van der Waals surface area contributed by atoms with E-state index in [0.29, 0.717) is 12.0 Å². The number of carbonyl (C=O) groups excluding carboxylic acids is 1. The summed E-state index contributed by atoms with van der Waals surface area (Å²) in [5.41, 5.74) is 6.05. The summed E-state index contributed by atoms with van der Waals surface area (Å²) in [6.45, 7) is 1.91. The Morgan fingerprint density at radius 2 is 2.28 bits per heavy atom. The number of rotatable bonds is 6. The Kier molecular flexibility index (Phi) is 4.85. The number of nitrogens with zero attached hydrogens (tertiary/aromatic N) is 2. The number of nitrogens with one attached hydrogen (secondary N) is 1. The number of nitrogens with two attached hydrogens (primary N) is 1. The molecule has 0 saturated carbocycles. The number of carbonyl (C=O) groups is 2. The van der Waals surface area contributed by atoms with Gasteiger partial charge in [-0.05, 0) is 6.42 Å². The lowest BCUT2D eigenvalue weighted by Crippen LogP contribution is -2.44. The molecule has 0 aliphatic heterocycles. The Bertz CT molecular complexity index is 430. The zero-order valence-electron chi connectivity index (χ0n) is 10.5. The zero-order valence-corrected chi connectivity index (χ0v) is 10.5. The van der Waals surface area contributed by atoms with Crippen molar-refractivity contribution in [3.8, 4) is 0 Å². The van der Waals surface area contributed by atoms with Crippen LogP contribution < -0.4 is 11.1 Å². The van der Waals surface area contributed by atoms with Crippen LogP contribution in [0.4, 0.5) is 0 Å². The predicted molar refractivity (Wildman–Crippen MR) is 64.6 cm³/mol. The van der Waals surface area contributed by atoms with E-state index in [-0.39, 0.29) is 0 Å². The molecule has 1 rings (SSSR count). The number of hydrogen-bond donors (Lipinski definition) is 3. The number of aromatic nitrogens is 2. The molecule has 2 atom stereocenters. The monoisotopic (exact) mass is 254 g/mol. The van der Waals surface area contributed by atoms with Crippen LogP contribution in [0.1, 0.15) is 31.4 Å². The van der Waals surface area contributed by atoms with Crippen molar-refractivity contribution in [3.05, 3.63) is 18.0 Å². The lowest BCUT2D eigenvalue weighted by molar-refractivity contribution is -0.142. The molecule has 1 aromatic heterocycles. The maximum atomic E-state index is 11.7. The number of aryl methyl sites for hydroxylation is 1. The number of hydrogen-bond acceptors (Lipinski definition) is 4. The van der Waals surface area contributed by atoms with Gasteiger partial charge in [0.2, 0.25) is 5.91 Å². The summed E-state index contributed by atoms with van der Waals surface area (Å²) < 4.78 is 1.48. The van der Waals surface area contributed by atoms with Crippen LogP contribution in [-0.2, 0) is 16.6 Å². The minimum Gasteiger partial charge on any atom is -0.479 e. The molecule has 0 radical (unpaired) electrons. The molecule has 0 spiro atoms. The smallest absolute Gasteiger partial charge is 0.331 e. The molecule has 0 aliphatic rings. The van der Waals surface area contributed by atoms with Crippen molar-refractivity contribution in [1.82, 2.24) is 15.1 Å². The molecule has 0 aliphatic carbocycles. The summed E-state index contributed by atoms with van der Waals surface area (Å²) in [7, 11) is 1.67. The van der Waals surface area contributed by atoms with Crippen LogP contribution in [0.3, 0.4) is 0 Å². The first-order valence-electron chi connectivity index (χ1n) is 5.73. The van der Waals surface area contributed by atoms with Gasteiger partial charge in [0.05, 0.1) is 12.2 Å². The van der Waals surface area contributed by atoms with Gasteiger partial charge in [-0.3, -0.25) is 9.48 Å². The van der Waals surface area contributed by atoms with Crippen LogP contribution in [0.5, 0.6) is 0 Å². The van der Waals surface area contributed by atoms with Crippen LogP contribution in [0.25, 0.3) is 0 Å². The van der Waals surface area contributed by atoms with Gasteiger partial charge in [0.25, 0.3) is 0 Å². The van der Waals surface area contributed by atoms with Gasteiger partial charge < -0.3 is 16.2 Å². The minimum absolute atomic E-state index is 0.419. The quantitative estimate of drug-likeness (QED) is 0.650. The van der Waals surface area contributed by atoms with E-state index in [1.165, 1.54) is 10.9 Å². The fourth-order valence-electron chi connectivity index (χ4n) is 1.57. The van der Waals surface area contributed by atoms with Gasteiger partial charge in [0.1, 0.15) is 0 Å². The summed E-state index contributed by atoms with van der Waals surface area (Å²) in [6, 6.07) is -1.80. The van der Waals surface area contributed by atoms with Crippen molar-refractivity contribution in [2.24, 2.45) is 12.8 Å². The van der Waals surface area contributed by atoms with E-state index in [0.717, 1.165) is 6.42 Å². The van der Waals surface area contributed by atoms with Gasteiger partial charge in [-0.2, -0.15) is 5.10 Å². The molecule has 0 aromatic carbocycles. The van der Waals surface area contributed by atoms with Gasteiger partial charge >= 0.3 is 5.97 Å². The molecule has 1 aromatic rings. The number of carboxylic acid groups (broad SMARTS) is 1. The van der Waals surface area contributed by atoms with Gasteiger partial charge in [-0.15, -0.1) is 0 Å². The summed E-state index contributed by atoms with van der Waals surface area (Å²) in [5.74, 6) is -1.60. The molecular weight excluding hydrogens is 236 g/mol. The van der Waals surface area contributed by atoms with Crippen molar-refractivity contribution in [2.45, 2.75) is 31.8 Å². The van der Waals surface area contributed by atoms with Gasteiger partial charge in [-0.1, -0.05) is 13.3 Å². The van der Waals surface area contributed by atoms with E-state index in [1.807, 2.05) is 6.92 Å². The average molecular weight is 254 g/mol. The van der Waals surface area contributed by atoms with Crippen molar-refractivity contribution in [3.63, 3.8) is 0 Å². The predicted octanol–water partition coefficient (Wildman–Crippen LogP) is -0.211. The van der Waals surface area contributed by atoms with Crippen LogP contribution in [0, 0.1) is 0 Å². The largest absolute Gasteiger partial charge is 0.479 e. The molecular formula is C11H18N4O3. The number of aliphatic carboxylic acids is 1. The van der Waals surface area contributed by atoms with Crippen LogP contribution in [0.2, 0.25) is 0 Å². The first-order chi connectivity index (χ1) is 8.45. The molecule has 100 valence electrons. The molecule has 1 heterocycles. The van der Waals surface area contributed by atoms with Crippen molar-refractivity contribution < 1.29 is 14.7 Å². The van der Waals surface area contributed by atoms with Gasteiger partial charge in [0, 0.05) is 18.8 Å². The van der Waals surface area contributed by atoms with E-state index in [2.05, 4.69) is 10.4 Å². The lowest BCUT2D eigenvalue weighted by atomic mass is 10.1. The minimum atomic E-state index is -1.14. The summed E-state index contributed by atoms with van der Waals surface area (Å²) in [6.07, 6.45) is 4.24. The Hall–Kier alpha value is -1.89. The fraction of sp³-hybridized carbons (Fsp3) is 0.545. The normalized spacial score (nSPS) is 13.9. The Labute approximate surface area is 105 Å². The van der Waals surface area contributed by atoms with E-state index in [1.54, 1.807) is 13.2 Å². The third kappa shape index (κ3) is 3.56. The van der Waals surface area contributed by atoms with E-state index in [4.69, 9.17) is 10.8 Å². The zero-order chi connectivity index (χ0) is 13.7. The maximum Gasteiger partial charge on any atom is 0.331 e. The van der Waals surface area contributed by atoms with Crippen molar-refractivity contribution in [2.75, 3.05) is 0 Å². The van der Waals surface area contributed by atoms with Crippen LogP contribution in [0.15, 0.2) is 12.4 Å². The standard InChI is InChI=1S/C11H18N4O3/c1-3-4-8(12)10(16)14-9(11(17)18)7-5-13-15(2)6-7/h5-6,8-9H,3-4,12H2,1-2H3,(H,14,16)(H,17,18). The van der Waals surface area contributed by atoms with Crippen LogP contribution >= 0.6 is 0 Å². The molecule has 0 saturated heterocycles.